The van der Waals surface area contributed by atoms with Crippen LogP contribution in [-0.2, 0) is 21.4 Å². The van der Waals surface area contributed by atoms with Gasteiger partial charge in [0.2, 0.25) is 10.0 Å². The van der Waals surface area contributed by atoms with Gasteiger partial charge < -0.3 is 10.1 Å². The van der Waals surface area contributed by atoms with Gasteiger partial charge in [-0.25, -0.2) is 17.5 Å². The number of amides is 1. The summed E-state index contributed by atoms with van der Waals surface area (Å²) >= 11 is 0. The molecule has 0 saturated heterocycles. The molecule has 2 N–H and O–H groups in total. The minimum atomic E-state index is -3.71. The maximum atomic E-state index is 12.9. The van der Waals surface area contributed by atoms with Crippen molar-refractivity contribution in [3.05, 3.63) is 95.8 Å². The molecule has 3 rings (SSSR count). The van der Waals surface area contributed by atoms with E-state index in [9.17, 15) is 17.6 Å². The number of rotatable bonds is 9. The summed E-state index contributed by atoms with van der Waals surface area (Å²) in [5.74, 6) is -0.319. The molecule has 31 heavy (non-hydrogen) atoms. The van der Waals surface area contributed by atoms with Crippen LogP contribution < -0.4 is 14.8 Å². The number of carbonyl (C=O) groups excluding carboxylic acids is 1. The largest absolute Gasteiger partial charge is 0.484 e. The summed E-state index contributed by atoms with van der Waals surface area (Å²) < 4.78 is 46.1. The fraction of sp³-hybridized carbons (Fsp3) is 0.174. The van der Waals surface area contributed by atoms with E-state index in [0.29, 0.717) is 5.75 Å². The highest BCUT2D eigenvalue weighted by Gasteiger charge is 2.18. The molecule has 0 aromatic heterocycles. The minimum absolute atomic E-state index is 0.100. The number of hydrogen-bond donors (Lipinski definition) is 2. The quantitative estimate of drug-likeness (QED) is 0.531. The van der Waals surface area contributed by atoms with Crippen LogP contribution in [0.1, 0.15) is 24.1 Å². The predicted molar refractivity (Wildman–Crippen MR) is 115 cm³/mol. The summed E-state index contributed by atoms with van der Waals surface area (Å²) in [5, 5.41) is 2.67. The third-order valence-electron chi connectivity index (χ3n) is 4.54. The molecule has 0 saturated carbocycles. The molecule has 1 atom stereocenters. The monoisotopic (exact) mass is 442 g/mol. The van der Waals surface area contributed by atoms with Crippen LogP contribution in [0.2, 0.25) is 0 Å². The number of carbonyl (C=O) groups is 1. The Kier molecular flexibility index (Phi) is 7.38. The Morgan fingerprint density at radius 1 is 0.968 bits per heavy atom. The van der Waals surface area contributed by atoms with Crippen molar-refractivity contribution in [2.45, 2.75) is 24.4 Å². The zero-order valence-electron chi connectivity index (χ0n) is 16.9. The second-order valence-corrected chi connectivity index (χ2v) is 8.63. The van der Waals surface area contributed by atoms with Gasteiger partial charge in [0.1, 0.15) is 11.6 Å². The third-order valence-corrected chi connectivity index (χ3v) is 6.10. The Morgan fingerprint density at radius 2 is 1.61 bits per heavy atom. The average Bonchev–Trinajstić information content (AvgIpc) is 2.78. The number of benzene rings is 3. The number of halogens is 1. The molecule has 3 aromatic rings. The molecular formula is C23H23FN2O4S. The van der Waals surface area contributed by atoms with Crippen LogP contribution in [0.4, 0.5) is 4.39 Å². The second kappa shape index (κ2) is 10.2. The maximum absolute atomic E-state index is 12.9. The molecule has 0 unspecified atom stereocenters. The van der Waals surface area contributed by atoms with Gasteiger partial charge in [-0.1, -0.05) is 42.5 Å². The van der Waals surface area contributed by atoms with Crippen molar-refractivity contribution in [2.75, 3.05) is 6.61 Å². The Hall–Kier alpha value is -3.23. The van der Waals surface area contributed by atoms with Crippen LogP contribution in [0.5, 0.6) is 5.75 Å². The fourth-order valence-electron chi connectivity index (χ4n) is 2.83. The Bertz CT molecular complexity index is 1100. The van der Waals surface area contributed by atoms with Crippen molar-refractivity contribution in [2.24, 2.45) is 0 Å². The fourth-order valence-corrected chi connectivity index (χ4v) is 4.06. The normalized spacial score (nSPS) is 12.2. The Morgan fingerprint density at radius 3 is 2.26 bits per heavy atom. The van der Waals surface area contributed by atoms with E-state index in [2.05, 4.69) is 10.0 Å². The molecule has 0 aliphatic heterocycles. The Balaban J connectivity index is 1.51. The van der Waals surface area contributed by atoms with Crippen molar-refractivity contribution in [3.8, 4) is 5.75 Å². The van der Waals surface area contributed by atoms with Crippen molar-refractivity contribution in [3.63, 3.8) is 0 Å². The Labute approximate surface area is 181 Å². The van der Waals surface area contributed by atoms with Gasteiger partial charge >= 0.3 is 0 Å². The lowest BCUT2D eigenvalue weighted by Gasteiger charge is -2.15. The molecule has 0 aliphatic rings. The predicted octanol–water partition coefficient (Wildman–Crippen LogP) is 3.56. The molecule has 3 aromatic carbocycles. The molecule has 162 valence electrons. The first-order valence-electron chi connectivity index (χ1n) is 9.65. The first kappa shape index (κ1) is 22.5. The molecule has 1 amide bonds. The summed E-state index contributed by atoms with van der Waals surface area (Å²) in [5.41, 5.74) is 1.62. The summed E-state index contributed by atoms with van der Waals surface area (Å²) in [6.45, 7) is 1.80. The minimum Gasteiger partial charge on any atom is -0.484 e. The van der Waals surface area contributed by atoms with Crippen LogP contribution in [0.3, 0.4) is 0 Å². The first-order valence-corrected chi connectivity index (χ1v) is 11.1. The van der Waals surface area contributed by atoms with Crippen LogP contribution in [0, 0.1) is 5.82 Å². The van der Waals surface area contributed by atoms with Crippen molar-refractivity contribution >= 4 is 15.9 Å². The molecule has 0 heterocycles. The first-order chi connectivity index (χ1) is 14.8. The highest BCUT2D eigenvalue weighted by Crippen LogP contribution is 2.19. The number of sulfonamides is 1. The van der Waals surface area contributed by atoms with Gasteiger partial charge in [0, 0.05) is 12.6 Å². The van der Waals surface area contributed by atoms with E-state index in [-0.39, 0.29) is 35.8 Å². The third kappa shape index (κ3) is 6.63. The molecule has 0 spiro atoms. The van der Waals surface area contributed by atoms with Crippen LogP contribution in [0.15, 0.2) is 83.8 Å². The smallest absolute Gasteiger partial charge is 0.258 e. The number of nitrogens with one attached hydrogen (secondary N) is 2. The summed E-state index contributed by atoms with van der Waals surface area (Å²) in [6, 6.07) is 20.5. The van der Waals surface area contributed by atoms with E-state index in [1.165, 1.54) is 36.4 Å². The van der Waals surface area contributed by atoms with Crippen LogP contribution >= 0.6 is 0 Å². The molecular weight excluding hydrogens is 419 g/mol. The highest BCUT2D eigenvalue weighted by atomic mass is 32.2. The summed E-state index contributed by atoms with van der Waals surface area (Å²) in [7, 11) is -3.71. The van der Waals surface area contributed by atoms with E-state index in [4.69, 9.17) is 4.74 Å². The summed E-state index contributed by atoms with van der Waals surface area (Å²) in [4.78, 5) is 12.0. The van der Waals surface area contributed by atoms with E-state index < -0.39 is 10.0 Å². The van der Waals surface area contributed by atoms with E-state index in [1.54, 1.807) is 19.1 Å². The lowest BCUT2D eigenvalue weighted by molar-refractivity contribution is -0.123. The molecule has 0 bridgehead atoms. The maximum Gasteiger partial charge on any atom is 0.258 e. The van der Waals surface area contributed by atoms with Gasteiger partial charge in [-0.05, 0) is 54.4 Å². The lowest BCUT2D eigenvalue weighted by atomic mass is 10.1. The molecule has 6 nitrogen and oxygen atoms in total. The molecule has 0 fully saturated rings. The van der Waals surface area contributed by atoms with Gasteiger partial charge in [-0.15, -0.1) is 0 Å². The van der Waals surface area contributed by atoms with Gasteiger partial charge in [0.05, 0.1) is 4.90 Å². The topological polar surface area (TPSA) is 84.5 Å². The highest BCUT2D eigenvalue weighted by molar-refractivity contribution is 7.89. The van der Waals surface area contributed by atoms with E-state index >= 15 is 0 Å². The van der Waals surface area contributed by atoms with Crippen LogP contribution in [-0.4, -0.2) is 20.9 Å². The molecule has 0 aliphatic carbocycles. The second-order valence-electron chi connectivity index (χ2n) is 6.92. The van der Waals surface area contributed by atoms with E-state index in [0.717, 1.165) is 11.1 Å². The van der Waals surface area contributed by atoms with Crippen LogP contribution in [0.25, 0.3) is 0 Å². The number of hydrogen-bond acceptors (Lipinski definition) is 4. The zero-order chi connectivity index (χ0) is 22.3. The van der Waals surface area contributed by atoms with Gasteiger partial charge in [-0.2, -0.15) is 0 Å². The average molecular weight is 443 g/mol. The summed E-state index contributed by atoms with van der Waals surface area (Å²) in [6.07, 6.45) is 0. The van der Waals surface area contributed by atoms with Gasteiger partial charge in [0.15, 0.2) is 6.61 Å². The SMILES string of the molecule is C[C@@H](NS(=O)(=O)c1ccc(OCC(=O)NCc2ccc(F)cc2)cc1)c1ccccc1. The molecule has 0 radical (unpaired) electrons. The van der Waals surface area contributed by atoms with Crippen molar-refractivity contribution in [1.29, 1.82) is 0 Å². The van der Waals surface area contributed by atoms with E-state index in [1.807, 2.05) is 30.3 Å². The van der Waals surface area contributed by atoms with Gasteiger partial charge in [0.25, 0.3) is 5.91 Å². The lowest BCUT2D eigenvalue weighted by Crippen LogP contribution is -2.28. The van der Waals surface area contributed by atoms with Crippen molar-refractivity contribution < 1.29 is 22.3 Å². The van der Waals surface area contributed by atoms with Gasteiger partial charge in [-0.3, -0.25) is 4.79 Å². The zero-order valence-corrected chi connectivity index (χ0v) is 17.7. The van der Waals surface area contributed by atoms with Crippen molar-refractivity contribution in [1.82, 2.24) is 10.0 Å². The number of ether oxygens (including phenoxy) is 1. The molecule has 8 heteroatoms. The standard InChI is InChI=1S/C23H23FN2O4S/c1-17(19-5-3-2-4-6-19)26-31(28,29)22-13-11-21(12-14-22)30-16-23(27)25-15-18-7-9-20(24)10-8-18/h2-14,17,26H,15-16H2,1H3,(H,25,27)/t17-/m1/s1.